The first-order valence-electron chi connectivity index (χ1n) is 7.93. The second kappa shape index (κ2) is 6.84. The predicted octanol–water partition coefficient (Wildman–Crippen LogP) is 2.45. The summed E-state index contributed by atoms with van der Waals surface area (Å²) in [5, 5.41) is 3.25. The second-order valence-corrected chi connectivity index (χ2v) is 7.29. The highest BCUT2D eigenvalue weighted by Gasteiger charge is 2.26. The molecule has 1 saturated heterocycles. The summed E-state index contributed by atoms with van der Waals surface area (Å²) in [6, 6.07) is 8.94. The highest BCUT2D eigenvalue weighted by atomic mass is 32.2. The molecule has 2 heterocycles. The van der Waals surface area contributed by atoms with Crippen molar-refractivity contribution in [1.29, 1.82) is 0 Å². The molecule has 2 aliphatic heterocycles. The molecule has 3 rings (SSSR count). The van der Waals surface area contributed by atoms with E-state index in [-0.39, 0.29) is 11.9 Å². The van der Waals surface area contributed by atoms with Crippen LogP contribution in [0, 0.1) is 0 Å². The second-order valence-electron chi connectivity index (χ2n) is 6.06. The highest BCUT2D eigenvalue weighted by molar-refractivity contribution is 7.99. The smallest absolute Gasteiger partial charge is 0.237 e. The molecular weight excluding hydrogens is 280 g/mol. The van der Waals surface area contributed by atoms with Crippen LogP contribution in [-0.4, -0.2) is 40.9 Å². The van der Waals surface area contributed by atoms with Crippen molar-refractivity contribution in [2.75, 3.05) is 18.1 Å². The number of amides is 1. The first-order valence-corrected chi connectivity index (χ1v) is 9.08. The van der Waals surface area contributed by atoms with Crippen LogP contribution in [0.25, 0.3) is 0 Å². The van der Waals surface area contributed by atoms with Gasteiger partial charge in [-0.25, -0.2) is 0 Å². The Morgan fingerprint density at radius 3 is 2.76 bits per heavy atom. The Morgan fingerprint density at radius 2 is 2.00 bits per heavy atom. The minimum atomic E-state index is -0.0343. The summed E-state index contributed by atoms with van der Waals surface area (Å²) in [6.07, 6.45) is 3.28. The number of hydrogen-bond acceptors (Lipinski definition) is 3. The summed E-state index contributed by atoms with van der Waals surface area (Å²) < 4.78 is 0. The zero-order chi connectivity index (χ0) is 14.7. The van der Waals surface area contributed by atoms with Crippen LogP contribution in [0.4, 0.5) is 0 Å². The number of carbonyl (C=O) groups excluding carboxylic acids is 1. The molecule has 0 unspecified atom stereocenters. The van der Waals surface area contributed by atoms with Crippen molar-refractivity contribution < 1.29 is 4.79 Å². The maximum Gasteiger partial charge on any atom is 0.237 e. The quantitative estimate of drug-likeness (QED) is 0.931. The van der Waals surface area contributed by atoms with Crippen LogP contribution in [0.3, 0.4) is 0 Å². The number of rotatable bonds is 3. The molecule has 1 fully saturated rings. The molecule has 1 aromatic rings. The van der Waals surface area contributed by atoms with E-state index < -0.39 is 0 Å². The average Bonchev–Trinajstić information content (AvgIpc) is 2.54. The standard InChI is InChI=1S/C17H24N2OS/c1-13(17(20)18-16-7-10-21-11-8-16)19-9-6-14-4-2-3-5-15(14)12-19/h2-5,13,16H,6-12H2,1H3,(H,18,20)/t13-/m1/s1. The fourth-order valence-corrected chi connectivity index (χ4v) is 4.28. The topological polar surface area (TPSA) is 32.3 Å². The number of benzene rings is 1. The number of fused-ring (bicyclic) bond motifs is 1. The Hall–Kier alpha value is -1.00. The summed E-state index contributed by atoms with van der Waals surface area (Å²) in [6.45, 7) is 3.91. The van der Waals surface area contributed by atoms with Gasteiger partial charge in [0.1, 0.15) is 0 Å². The summed E-state index contributed by atoms with van der Waals surface area (Å²) in [5.41, 5.74) is 2.81. The van der Waals surface area contributed by atoms with Crippen LogP contribution in [0.1, 0.15) is 30.9 Å². The molecule has 0 saturated carbocycles. The maximum atomic E-state index is 12.5. The lowest BCUT2D eigenvalue weighted by Gasteiger charge is -2.34. The van der Waals surface area contributed by atoms with E-state index in [1.807, 2.05) is 18.7 Å². The van der Waals surface area contributed by atoms with E-state index in [9.17, 15) is 4.79 Å². The zero-order valence-electron chi connectivity index (χ0n) is 12.7. The summed E-state index contributed by atoms with van der Waals surface area (Å²) >= 11 is 1.99. The van der Waals surface area contributed by atoms with E-state index in [4.69, 9.17) is 0 Å². The van der Waals surface area contributed by atoms with E-state index in [2.05, 4.69) is 34.5 Å². The molecule has 1 aromatic carbocycles. The van der Waals surface area contributed by atoms with Crippen LogP contribution in [-0.2, 0) is 17.8 Å². The Bertz CT molecular complexity index is 499. The molecule has 4 heteroatoms. The predicted molar refractivity (Wildman–Crippen MR) is 88.5 cm³/mol. The van der Waals surface area contributed by atoms with Gasteiger partial charge in [-0.3, -0.25) is 9.69 Å². The Balaban J connectivity index is 1.58. The monoisotopic (exact) mass is 304 g/mol. The van der Waals surface area contributed by atoms with E-state index in [1.54, 1.807) is 0 Å². The highest BCUT2D eigenvalue weighted by Crippen LogP contribution is 2.21. The lowest BCUT2D eigenvalue weighted by atomic mass is 9.98. The number of hydrogen-bond donors (Lipinski definition) is 1. The van der Waals surface area contributed by atoms with E-state index in [0.717, 1.165) is 32.4 Å². The van der Waals surface area contributed by atoms with Gasteiger partial charge >= 0.3 is 0 Å². The largest absolute Gasteiger partial charge is 0.352 e. The van der Waals surface area contributed by atoms with Crippen molar-refractivity contribution in [3.8, 4) is 0 Å². The van der Waals surface area contributed by atoms with Crippen molar-refractivity contribution in [3.05, 3.63) is 35.4 Å². The van der Waals surface area contributed by atoms with Gasteiger partial charge in [-0.15, -0.1) is 0 Å². The van der Waals surface area contributed by atoms with Crippen molar-refractivity contribution in [2.45, 2.75) is 44.8 Å². The summed E-state index contributed by atoms with van der Waals surface area (Å²) in [4.78, 5) is 14.8. The van der Waals surface area contributed by atoms with Crippen molar-refractivity contribution >= 4 is 17.7 Å². The summed E-state index contributed by atoms with van der Waals surface area (Å²) in [7, 11) is 0. The number of carbonyl (C=O) groups is 1. The Morgan fingerprint density at radius 1 is 1.29 bits per heavy atom. The van der Waals surface area contributed by atoms with E-state index in [0.29, 0.717) is 6.04 Å². The number of thioether (sulfide) groups is 1. The van der Waals surface area contributed by atoms with Crippen LogP contribution in [0.2, 0.25) is 0 Å². The lowest BCUT2D eigenvalue weighted by molar-refractivity contribution is -0.127. The van der Waals surface area contributed by atoms with Crippen molar-refractivity contribution in [1.82, 2.24) is 10.2 Å². The molecule has 1 atom stereocenters. The van der Waals surface area contributed by atoms with Gasteiger partial charge < -0.3 is 5.32 Å². The third-order valence-corrected chi connectivity index (χ3v) is 5.70. The molecular formula is C17H24N2OS. The Kier molecular flexibility index (Phi) is 4.86. The summed E-state index contributed by atoms with van der Waals surface area (Å²) in [5.74, 6) is 2.55. The third kappa shape index (κ3) is 3.61. The molecule has 114 valence electrons. The van der Waals surface area contributed by atoms with Gasteiger partial charge in [-0.1, -0.05) is 24.3 Å². The van der Waals surface area contributed by atoms with Crippen molar-refractivity contribution in [3.63, 3.8) is 0 Å². The van der Waals surface area contributed by atoms with Crippen molar-refractivity contribution in [2.24, 2.45) is 0 Å². The lowest BCUT2D eigenvalue weighted by Crippen LogP contribution is -2.50. The normalized spacial score (nSPS) is 21.6. The molecule has 0 radical (unpaired) electrons. The van der Waals surface area contributed by atoms with Gasteiger partial charge in [-0.05, 0) is 48.8 Å². The van der Waals surface area contributed by atoms with Gasteiger partial charge in [0, 0.05) is 19.1 Å². The molecule has 0 bridgehead atoms. The fourth-order valence-electron chi connectivity index (χ4n) is 3.18. The van der Waals surface area contributed by atoms with Crippen LogP contribution in [0.15, 0.2) is 24.3 Å². The van der Waals surface area contributed by atoms with Crippen LogP contribution in [0.5, 0.6) is 0 Å². The minimum Gasteiger partial charge on any atom is -0.352 e. The molecule has 0 aromatic heterocycles. The van der Waals surface area contributed by atoms with Gasteiger partial charge in [0.25, 0.3) is 0 Å². The molecule has 0 spiro atoms. The third-order valence-electron chi connectivity index (χ3n) is 4.66. The molecule has 0 aliphatic carbocycles. The van der Waals surface area contributed by atoms with Gasteiger partial charge in [0.05, 0.1) is 6.04 Å². The van der Waals surface area contributed by atoms with Crippen LogP contribution < -0.4 is 5.32 Å². The van der Waals surface area contributed by atoms with Gasteiger partial charge in [-0.2, -0.15) is 11.8 Å². The number of nitrogens with one attached hydrogen (secondary N) is 1. The molecule has 3 nitrogen and oxygen atoms in total. The van der Waals surface area contributed by atoms with Crippen LogP contribution >= 0.6 is 11.8 Å². The zero-order valence-corrected chi connectivity index (χ0v) is 13.5. The maximum absolute atomic E-state index is 12.5. The fraction of sp³-hybridized carbons (Fsp3) is 0.588. The SMILES string of the molecule is C[C@H](C(=O)NC1CCSCC1)N1CCc2ccccc2C1. The van der Waals surface area contributed by atoms with E-state index in [1.165, 1.54) is 22.6 Å². The first kappa shape index (κ1) is 14.9. The molecule has 2 aliphatic rings. The molecule has 21 heavy (non-hydrogen) atoms. The minimum absolute atomic E-state index is 0.0343. The Labute approximate surface area is 131 Å². The van der Waals surface area contributed by atoms with Gasteiger partial charge in [0.15, 0.2) is 0 Å². The average molecular weight is 304 g/mol. The number of nitrogens with zero attached hydrogens (tertiary/aromatic N) is 1. The first-order chi connectivity index (χ1) is 10.2. The van der Waals surface area contributed by atoms with Gasteiger partial charge in [0.2, 0.25) is 5.91 Å². The molecule has 1 N–H and O–H groups in total. The van der Waals surface area contributed by atoms with E-state index >= 15 is 0 Å². The molecule has 1 amide bonds.